The maximum atomic E-state index is 12.0. The molecule has 2 amide bonds. The first-order chi connectivity index (χ1) is 11.7. The Bertz CT molecular complexity index is 750. The molecule has 6 nitrogen and oxygen atoms in total. The van der Waals surface area contributed by atoms with Gasteiger partial charge in [0.25, 0.3) is 0 Å². The normalized spacial score (nSPS) is 11.0. The van der Waals surface area contributed by atoms with Gasteiger partial charge in [0.2, 0.25) is 5.91 Å². The molecular weight excluding hydrogens is 338 g/mol. The highest BCUT2D eigenvalue weighted by molar-refractivity contribution is 7.09. The number of anilines is 1. The van der Waals surface area contributed by atoms with E-state index in [2.05, 4.69) is 15.6 Å². The number of benzene rings is 1. The number of ether oxygens (including phenoxy) is 1. The van der Waals surface area contributed by atoms with E-state index < -0.39 is 11.7 Å². The summed E-state index contributed by atoms with van der Waals surface area (Å²) in [7, 11) is 0. The molecule has 0 saturated carbocycles. The summed E-state index contributed by atoms with van der Waals surface area (Å²) in [6, 6.07) is 7.53. The molecule has 134 valence electrons. The Morgan fingerprint density at radius 3 is 2.68 bits per heavy atom. The quantitative estimate of drug-likeness (QED) is 0.844. The number of nitrogens with zero attached hydrogens (tertiary/aromatic N) is 1. The first kappa shape index (κ1) is 18.9. The lowest BCUT2D eigenvalue weighted by Crippen LogP contribution is -2.34. The van der Waals surface area contributed by atoms with E-state index in [1.54, 1.807) is 32.1 Å². The Kier molecular flexibility index (Phi) is 6.14. The largest absolute Gasteiger partial charge is 0.444 e. The van der Waals surface area contributed by atoms with Crippen molar-refractivity contribution in [1.29, 1.82) is 0 Å². The van der Waals surface area contributed by atoms with Gasteiger partial charge in [-0.3, -0.25) is 4.79 Å². The van der Waals surface area contributed by atoms with Crippen molar-refractivity contribution in [2.24, 2.45) is 0 Å². The number of aryl methyl sites for hydroxylation is 1. The van der Waals surface area contributed by atoms with Crippen molar-refractivity contribution in [1.82, 2.24) is 10.3 Å². The summed E-state index contributed by atoms with van der Waals surface area (Å²) in [5.74, 6) is -0.178. The Hall–Kier alpha value is -2.41. The van der Waals surface area contributed by atoms with E-state index in [-0.39, 0.29) is 18.9 Å². The number of thiazole rings is 1. The van der Waals surface area contributed by atoms with Gasteiger partial charge in [0, 0.05) is 29.6 Å². The number of nitrogens with one attached hydrogen (secondary N) is 2. The molecule has 1 aromatic carbocycles. The zero-order valence-electron chi connectivity index (χ0n) is 14.9. The lowest BCUT2D eigenvalue weighted by Gasteiger charge is -2.19. The molecule has 1 aromatic heterocycles. The number of amides is 2. The van der Waals surface area contributed by atoms with E-state index >= 15 is 0 Å². The number of hydrogen-bond donors (Lipinski definition) is 2. The van der Waals surface area contributed by atoms with E-state index in [1.807, 2.05) is 36.6 Å². The maximum absolute atomic E-state index is 12.0. The van der Waals surface area contributed by atoms with Crippen molar-refractivity contribution in [3.63, 3.8) is 0 Å². The van der Waals surface area contributed by atoms with Crippen LogP contribution in [0.15, 0.2) is 29.6 Å². The molecule has 0 radical (unpaired) electrons. The summed E-state index contributed by atoms with van der Waals surface area (Å²) < 4.78 is 5.12. The molecule has 0 aliphatic carbocycles. The van der Waals surface area contributed by atoms with Gasteiger partial charge in [-0.25, -0.2) is 9.78 Å². The van der Waals surface area contributed by atoms with Gasteiger partial charge in [0.05, 0.1) is 10.7 Å². The minimum absolute atomic E-state index is 0.166. The molecule has 0 saturated heterocycles. The standard InChI is InChI=1S/C18H23N3O3S/c1-12-20-15(11-25-12)13-6-5-7-14(10-13)21-16(22)8-9-19-17(23)24-18(2,3)4/h5-7,10-11H,8-9H2,1-4H3,(H,19,23)(H,21,22). The average molecular weight is 361 g/mol. The van der Waals surface area contributed by atoms with Gasteiger partial charge in [-0.2, -0.15) is 0 Å². The molecule has 25 heavy (non-hydrogen) atoms. The maximum Gasteiger partial charge on any atom is 0.407 e. The third kappa shape index (κ3) is 6.54. The highest BCUT2D eigenvalue weighted by Crippen LogP contribution is 2.24. The second-order valence-corrected chi connectivity index (χ2v) is 7.62. The third-order valence-electron chi connectivity index (χ3n) is 3.08. The smallest absolute Gasteiger partial charge is 0.407 e. The van der Waals surface area contributed by atoms with Crippen LogP contribution in [-0.2, 0) is 9.53 Å². The number of carbonyl (C=O) groups is 2. The Balaban J connectivity index is 1.84. The summed E-state index contributed by atoms with van der Waals surface area (Å²) in [5, 5.41) is 8.38. The van der Waals surface area contributed by atoms with Crippen molar-refractivity contribution >= 4 is 29.0 Å². The Morgan fingerprint density at radius 2 is 2.04 bits per heavy atom. The molecule has 1 heterocycles. The van der Waals surface area contributed by atoms with Crippen molar-refractivity contribution < 1.29 is 14.3 Å². The van der Waals surface area contributed by atoms with E-state index in [4.69, 9.17) is 4.74 Å². The molecule has 0 atom stereocenters. The summed E-state index contributed by atoms with van der Waals surface area (Å²) in [6.07, 6.45) is -0.361. The fourth-order valence-corrected chi connectivity index (χ4v) is 2.69. The molecule has 0 bridgehead atoms. The van der Waals surface area contributed by atoms with Crippen LogP contribution in [0.5, 0.6) is 0 Å². The van der Waals surface area contributed by atoms with Gasteiger partial charge in [0.1, 0.15) is 5.60 Å². The minimum Gasteiger partial charge on any atom is -0.444 e. The zero-order chi connectivity index (χ0) is 18.4. The lowest BCUT2D eigenvalue weighted by atomic mass is 10.1. The second-order valence-electron chi connectivity index (χ2n) is 6.56. The van der Waals surface area contributed by atoms with Crippen molar-refractivity contribution in [3.8, 4) is 11.3 Å². The number of rotatable bonds is 5. The molecule has 2 N–H and O–H groups in total. The van der Waals surface area contributed by atoms with Crippen molar-refractivity contribution in [3.05, 3.63) is 34.7 Å². The van der Waals surface area contributed by atoms with Crippen LogP contribution in [0.4, 0.5) is 10.5 Å². The van der Waals surface area contributed by atoms with Crippen molar-refractivity contribution in [2.75, 3.05) is 11.9 Å². The van der Waals surface area contributed by atoms with Crippen LogP contribution in [0.1, 0.15) is 32.2 Å². The van der Waals surface area contributed by atoms with E-state index in [0.717, 1.165) is 16.3 Å². The lowest BCUT2D eigenvalue weighted by molar-refractivity contribution is -0.116. The molecule has 7 heteroatoms. The van der Waals surface area contributed by atoms with Crippen LogP contribution >= 0.6 is 11.3 Å². The van der Waals surface area contributed by atoms with E-state index in [9.17, 15) is 9.59 Å². The number of hydrogen-bond acceptors (Lipinski definition) is 5. The fourth-order valence-electron chi connectivity index (χ4n) is 2.07. The summed E-state index contributed by atoms with van der Waals surface area (Å²) >= 11 is 1.59. The highest BCUT2D eigenvalue weighted by Gasteiger charge is 2.16. The molecule has 2 rings (SSSR count). The van der Waals surface area contributed by atoms with Gasteiger partial charge < -0.3 is 15.4 Å². The topological polar surface area (TPSA) is 80.3 Å². The van der Waals surface area contributed by atoms with Gasteiger partial charge in [-0.1, -0.05) is 12.1 Å². The summed E-state index contributed by atoms with van der Waals surface area (Å²) in [6.45, 7) is 7.53. The summed E-state index contributed by atoms with van der Waals surface area (Å²) in [4.78, 5) is 28.0. The SMILES string of the molecule is Cc1nc(-c2cccc(NC(=O)CCNC(=O)OC(C)(C)C)c2)cs1. The second kappa shape index (κ2) is 8.11. The first-order valence-corrected chi connectivity index (χ1v) is 8.90. The van der Waals surface area contributed by atoms with Gasteiger partial charge in [0.15, 0.2) is 0 Å². The van der Waals surface area contributed by atoms with Crippen LogP contribution in [-0.4, -0.2) is 29.1 Å². The fraction of sp³-hybridized carbons (Fsp3) is 0.389. The molecule has 0 spiro atoms. The van der Waals surface area contributed by atoms with Gasteiger partial charge in [-0.05, 0) is 39.8 Å². The Morgan fingerprint density at radius 1 is 1.28 bits per heavy atom. The van der Waals surface area contributed by atoms with E-state index in [0.29, 0.717) is 5.69 Å². The van der Waals surface area contributed by atoms with E-state index in [1.165, 1.54) is 0 Å². The van der Waals surface area contributed by atoms with Crippen LogP contribution in [0, 0.1) is 6.92 Å². The van der Waals surface area contributed by atoms with Crippen LogP contribution in [0.3, 0.4) is 0 Å². The highest BCUT2D eigenvalue weighted by atomic mass is 32.1. The molecule has 0 fully saturated rings. The predicted molar refractivity (Wildman–Crippen MR) is 99.8 cm³/mol. The third-order valence-corrected chi connectivity index (χ3v) is 3.85. The molecule has 0 aliphatic heterocycles. The predicted octanol–water partition coefficient (Wildman–Crippen LogP) is 3.97. The molecule has 0 unspecified atom stereocenters. The van der Waals surface area contributed by atoms with Crippen molar-refractivity contribution in [2.45, 2.75) is 39.7 Å². The monoisotopic (exact) mass is 361 g/mol. The van der Waals surface area contributed by atoms with Crippen LogP contribution in [0.25, 0.3) is 11.3 Å². The number of aromatic nitrogens is 1. The molecule has 2 aromatic rings. The average Bonchev–Trinajstić information content (AvgIpc) is 2.92. The van der Waals surface area contributed by atoms with Gasteiger partial charge >= 0.3 is 6.09 Å². The van der Waals surface area contributed by atoms with Crippen LogP contribution in [0.2, 0.25) is 0 Å². The first-order valence-electron chi connectivity index (χ1n) is 8.02. The van der Waals surface area contributed by atoms with Gasteiger partial charge in [-0.15, -0.1) is 11.3 Å². The molecular formula is C18H23N3O3S. The minimum atomic E-state index is -0.555. The molecule has 0 aliphatic rings. The number of carbonyl (C=O) groups excluding carboxylic acids is 2. The summed E-state index contributed by atoms with van der Waals surface area (Å²) in [5.41, 5.74) is 1.99. The number of alkyl carbamates (subject to hydrolysis) is 1. The van der Waals surface area contributed by atoms with Crippen LogP contribution < -0.4 is 10.6 Å². The Labute approximate surface area is 151 Å². The zero-order valence-corrected chi connectivity index (χ0v) is 15.7.